The van der Waals surface area contributed by atoms with Gasteiger partial charge in [0.15, 0.2) is 0 Å². The molecule has 2 unspecified atom stereocenters. The molecular weight excluding hydrogens is 212 g/mol. The van der Waals surface area contributed by atoms with Gasteiger partial charge in [0.05, 0.1) is 18.1 Å². The lowest BCUT2D eigenvalue weighted by atomic mass is 10.0. The molecule has 2 fully saturated rings. The van der Waals surface area contributed by atoms with Crippen LogP contribution in [0.4, 0.5) is 0 Å². The highest BCUT2D eigenvalue weighted by molar-refractivity contribution is 5.11. The Kier molecular flexibility index (Phi) is 2.92. The standard InChI is InChI=1S/C13H22N4/c1-16-9-15-8-12(16)13-11(14)4-2-3-7-17(13)10-5-6-10/h8-11,13H,2-7,14H2,1H3. The van der Waals surface area contributed by atoms with Crippen molar-refractivity contribution in [2.45, 2.75) is 50.2 Å². The van der Waals surface area contributed by atoms with Crippen LogP contribution in [-0.4, -0.2) is 33.1 Å². The molecule has 4 heteroatoms. The first-order chi connectivity index (χ1) is 8.27. The molecule has 0 bridgehead atoms. The number of rotatable bonds is 2. The summed E-state index contributed by atoms with van der Waals surface area (Å²) in [5.74, 6) is 0. The molecule has 2 N–H and O–H groups in total. The number of aromatic nitrogens is 2. The van der Waals surface area contributed by atoms with Gasteiger partial charge in [0.25, 0.3) is 0 Å². The molecule has 1 aliphatic heterocycles. The van der Waals surface area contributed by atoms with E-state index in [0.29, 0.717) is 6.04 Å². The fourth-order valence-corrected chi connectivity index (χ4v) is 3.07. The van der Waals surface area contributed by atoms with Crippen LogP contribution in [0.3, 0.4) is 0 Å². The highest BCUT2D eigenvalue weighted by Gasteiger charge is 2.39. The van der Waals surface area contributed by atoms with E-state index in [1.165, 1.54) is 37.9 Å². The maximum absolute atomic E-state index is 6.41. The van der Waals surface area contributed by atoms with E-state index in [-0.39, 0.29) is 6.04 Å². The molecule has 1 aromatic rings. The van der Waals surface area contributed by atoms with Gasteiger partial charge in [0.2, 0.25) is 0 Å². The van der Waals surface area contributed by atoms with Crippen molar-refractivity contribution in [1.29, 1.82) is 0 Å². The fourth-order valence-electron chi connectivity index (χ4n) is 3.07. The SMILES string of the molecule is Cn1cncc1C1C(N)CCCCN1C1CC1. The van der Waals surface area contributed by atoms with E-state index in [1.807, 2.05) is 12.5 Å². The third-order valence-electron chi connectivity index (χ3n) is 4.14. The lowest BCUT2D eigenvalue weighted by Crippen LogP contribution is -2.41. The number of hydrogen-bond acceptors (Lipinski definition) is 3. The lowest BCUT2D eigenvalue weighted by molar-refractivity contribution is 0.169. The quantitative estimate of drug-likeness (QED) is 0.842. The summed E-state index contributed by atoms with van der Waals surface area (Å²) in [5.41, 5.74) is 7.70. The summed E-state index contributed by atoms with van der Waals surface area (Å²) >= 11 is 0. The van der Waals surface area contributed by atoms with Crippen LogP contribution in [0.15, 0.2) is 12.5 Å². The normalized spacial score (nSPS) is 31.4. The first-order valence-electron chi connectivity index (χ1n) is 6.75. The number of nitrogens with zero attached hydrogens (tertiary/aromatic N) is 3. The summed E-state index contributed by atoms with van der Waals surface area (Å²) in [6, 6.07) is 1.41. The van der Waals surface area contributed by atoms with Crippen molar-refractivity contribution in [3.05, 3.63) is 18.2 Å². The predicted octanol–water partition coefficient (Wildman–Crippen LogP) is 1.44. The monoisotopic (exact) mass is 234 g/mol. The second kappa shape index (κ2) is 4.42. The zero-order valence-electron chi connectivity index (χ0n) is 10.5. The number of imidazole rings is 1. The fraction of sp³-hybridized carbons (Fsp3) is 0.769. The van der Waals surface area contributed by atoms with E-state index >= 15 is 0 Å². The molecule has 1 aliphatic carbocycles. The van der Waals surface area contributed by atoms with Crippen LogP contribution < -0.4 is 5.73 Å². The van der Waals surface area contributed by atoms with Gasteiger partial charge in [-0.05, 0) is 32.2 Å². The van der Waals surface area contributed by atoms with E-state index in [9.17, 15) is 0 Å². The second-order valence-electron chi connectivity index (χ2n) is 5.50. The third-order valence-corrected chi connectivity index (χ3v) is 4.14. The van der Waals surface area contributed by atoms with Gasteiger partial charge in [-0.3, -0.25) is 4.90 Å². The van der Waals surface area contributed by atoms with E-state index in [4.69, 9.17) is 5.73 Å². The number of nitrogens with two attached hydrogens (primary N) is 1. The van der Waals surface area contributed by atoms with Crippen LogP contribution in [0.1, 0.15) is 43.8 Å². The molecule has 1 saturated carbocycles. The molecule has 2 atom stereocenters. The van der Waals surface area contributed by atoms with Gasteiger partial charge in [-0.1, -0.05) is 6.42 Å². The molecule has 0 amide bonds. The van der Waals surface area contributed by atoms with E-state index in [2.05, 4.69) is 21.5 Å². The number of likely N-dealkylation sites (tertiary alicyclic amines) is 1. The van der Waals surface area contributed by atoms with Crippen molar-refractivity contribution >= 4 is 0 Å². The molecule has 0 spiro atoms. The smallest absolute Gasteiger partial charge is 0.0946 e. The molecule has 94 valence electrons. The van der Waals surface area contributed by atoms with Crippen LogP contribution >= 0.6 is 0 Å². The van der Waals surface area contributed by atoms with Crippen molar-refractivity contribution in [1.82, 2.24) is 14.5 Å². The Morgan fingerprint density at radius 1 is 1.29 bits per heavy atom. The van der Waals surface area contributed by atoms with Crippen LogP contribution in [0, 0.1) is 0 Å². The van der Waals surface area contributed by atoms with Crippen molar-refractivity contribution in [2.75, 3.05) is 6.54 Å². The summed E-state index contributed by atoms with van der Waals surface area (Å²) in [4.78, 5) is 6.89. The van der Waals surface area contributed by atoms with E-state index in [1.54, 1.807) is 0 Å². The molecule has 2 aliphatic rings. The van der Waals surface area contributed by atoms with Crippen LogP contribution in [-0.2, 0) is 7.05 Å². The summed E-state index contributed by atoms with van der Waals surface area (Å²) < 4.78 is 2.13. The Labute approximate surface area is 103 Å². The van der Waals surface area contributed by atoms with Gasteiger partial charge in [0, 0.05) is 25.3 Å². The van der Waals surface area contributed by atoms with Gasteiger partial charge in [-0.25, -0.2) is 4.98 Å². The Balaban J connectivity index is 1.92. The molecule has 2 heterocycles. The lowest BCUT2D eigenvalue weighted by Gasteiger charge is -2.33. The predicted molar refractivity (Wildman–Crippen MR) is 67.5 cm³/mol. The summed E-state index contributed by atoms with van der Waals surface area (Å²) in [6.45, 7) is 1.20. The van der Waals surface area contributed by atoms with Gasteiger partial charge in [0.1, 0.15) is 0 Å². The Morgan fingerprint density at radius 3 is 2.76 bits per heavy atom. The van der Waals surface area contributed by atoms with Crippen molar-refractivity contribution in [2.24, 2.45) is 12.8 Å². The maximum Gasteiger partial charge on any atom is 0.0946 e. The van der Waals surface area contributed by atoms with Crippen molar-refractivity contribution in [3.8, 4) is 0 Å². The largest absolute Gasteiger partial charge is 0.336 e. The van der Waals surface area contributed by atoms with Gasteiger partial charge < -0.3 is 10.3 Å². The first kappa shape index (κ1) is 11.2. The van der Waals surface area contributed by atoms with E-state index in [0.717, 1.165) is 12.5 Å². The van der Waals surface area contributed by atoms with Gasteiger partial charge >= 0.3 is 0 Å². The molecule has 3 rings (SSSR count). The molecule has 0 radical (unpaired) electrons. The average Bonchev–Trinajstić information content (AvgIpc) is 3.08. The van der Waals surface area contributed by atoms with Crippen molar-refractivity contribution < 1.29 is 0 Å². The van der Waals surface area contributed by atoms with Gasteiger partial charge in [-0.2, -0.15) is 0 Å². The minimum atomic E-state index is 0.258. The zero-order valence-corrected chi connectivity index (χ0v) is 10.5. The van der Waals surface area contributed by atoms with Crippen LogP contribution in [0.25, 0.3) is 0 Å². The van der Waals surface area contributed by atoms with E-state index < -0.39 is 0 Å². The highest BCUT2D eigenvalue weighted by atomic mass is 15.2. The summed E-state index contributed by atoms with van der Waals surface area (Å²) in [6.07, 6.45) is 10.3. The molecular formula is C13H22N4. The third kappa shape index (κ3) is 2.11. The second-order valence-corrected chi connectivity index (χ2v) is 5.50. The van der Waals surface area contributed by atoms with Crippen LogP contribution in [0.2, 0.25) is 0 Å². The molecule has 0 aromatic carbocycles. The molecule has 17 heavy (non-hydrogen) atoms. The summed E-state index contributed by atoms with van der Waals surface area (Å²) in [7, 11) is 2.07. The minimum absolute atomic E-state index is 0.258. The average molecular weight is 234 g/mol. The first-order valence-corrected chi connectivity index (χ1v) is 6.75. The number of hydrogen-bond donors (Lipinski definition) is 1. The summed E-state index contributed by atoms with van der Waals surface area (Å²) in [5, 5.41) is 0. The van der Waals surface area contributed by atoms with Crippen LogP contribution in [0.5, 0.6) is 0 Å². The molecule has 4 nitrogen and oxygen atoms in total. The van der Waals surface area contributed by atoms with Crippen molar-refractivity contribution in [3.63, 3.8) is 0 Å². The zero-order chi connectivity index (χ0) is 11.8. The topological polar surface area (TPSA) is 47.1 Å². The Bertz CT molecular complexity index is 383. The highest BCUT2D eigenvalue weighted by Crippen LogP contribution is 2.38. The Morgan fingerprint density at radius 2 is 2.12 bits per heavy atom. The maximum atomic E-state index is 6.41. The molecule has 1 aromatic heterocycles. The minimum Gasteiger partial charge on any atom is -0.336 e. The Hall–Kier alpha value is -0.870. The molecule has 1 saturated heterocycles. The number of aryl methyl sites for hydroxylation is 1. The van der Waals surface area contributed by atoms with Gasteiger partial charge in [-0.15, -0.1) is 0 Å².